The molecule has 2 aliphatic heterocycles. The molecule has 2 bridgehead atoms. The Hall–Kier alpha value is -0.860. The van der Waals surface area contributed by atoms with Crippen LogP contribution in [-0.4, -0.2) is 16.7 Å². The highest BCUT2D eigenvalue weighted by atomic mass is 16.7. The molecule has 0 amide bonds. The fraction of sp³-hybridized carbons (Fsp3) is 0.647. The van der Waals surface area contributed by atoms with Crippen LogP contribution < -0.4 is 0 Å². The minimum Gasteiger partial charge on any atom is -0.294 e. The van der Waals surface area contributed by atoms with Crippen LogP contribution in [0.2, 0.25) is 0 Å². The molecule has 0 radical (unpaired) electrons. The van der Waals surface area contributed by atoms with Gasteiger partial charge in [0.25, 0.3) is 0 Å². The van der Waals surface area contributed by atoms with Gasteiger partial charge in [-0.3, -0.25) is 4.84 Å². The molecule has 1 aromatic carbocycles. The molecule has 2 nitrogen and oxygen atoms in total. The Morgan fingerprint density at radius 3 is 2.42 bits per heavy atom. The lowest BCUT2D eigenvalue weighted by Crippen LogP contribution is -2.45. The molecule has 2 saturated heterocycles. The molecule has 3 aliphatic rings. The molecule has 102 valence electrons. The third kappa shape index (κ3) is 1.93. The van der Waals surface area contributed by atoms with Crippen molar-refractivity contribution in [3.63, 3.8) is 0 Å². The van der Waals surface area contributed by atoms with E-state index in [-0.39, 0.29) is 0 Å². The number of hydrogen-bond acceptors (Lipinski definition) is 2. The number of hydroxylamine groups is 2. The summed E-state index contributed by atoms with van der Waals surface area (Å²) in [5.41, 5.74) is 1.80. The summed E-state index contributed by atoms with van der Waals surface area (Å²) in [5, 5.41) is 2.42. The Kier molecular flexibility index (Phi) is 2.89. The van der Waals surface area contributed by atoms with Gasteiger partial charge in [-0.05, 0) is 31.2 Å². The molecule has 19 heavy (non-hydrogen) atoms. The average molecular weight is 257 g/mol. The van der Waals surface area contributed by atoms with Crippen molar-refractivity contribution in [1.29, 1.82) is 0 Å². The van der Waals surface area contributed by atoms with Crippen LogP contribution in [0.1, 0.15) is 63.0 Å². The number of nitrogens with zero attached hydrogens (tertiary/aromatic N) is 1. The molecular weight excluding hydrogens is 234 g/mol. The van der Waals surface area contributed by atoms with Gasteiger partial charge in [0.1, 0.15) is 0 Å². The maximum Gasteiger partial charge on any atom is 0.0831 e. The zero-order valence-electron chi connectivity index (χ0n) is 11.6. The normalized spacial score (nSPS) is 36.5. The van der Waals surface area contributed by atoms with Crippen molar-refractivity contribution in [3.8, 4) is 0 Å². The highest BCUT2D eigenvalue weighted by molar-refractivity contribution is 5.22. The molecule has 2 heteroatoms. The Morgan fingerprint density at radius 1 is 1.00 bits per heavy atom. The first-order valence-electron chi connectivity index (χ1n) is 7.88. The predicted octanol–water partition coefficient (Wildman–Crippen LogP) is 4.23. The zero-order chi connectivity index (χ0) is 12.7. The van der Waals surface area contributed by atoms with Gasteiger partial charge in [0.05, 0.1) is 12.1 Å². The van der Waals surface area contributed by atoms with Gasteiger partial charge >= 0.3 is 0 Å². The molecule has 1 aromatic rings. The Balaban J connectivity index is 1.63. The SMILES string of the molecule is c1ccc(C2CC3CC4(CCCCCC4)N2O3)cc1. The fourth-order valence-electron chi connectivity index (χ4n) is 4.46. The van der Waals surface area contributed by atoms with E-state index in [0.29, 0.717) is 17.7 Å². The second-order valence-electron chi connectivity index (χ2n) is 6.56. The Bertz CT molecular complexity index is 436. The van der Waals surface area contributed by atoms with Gasteiger partial charge in [-0.2, -0.15) is 5.06 Å². The second kappa shape index (κ2) is 4.60. The van der Waals surface area contributed by atoms with Gasteiger partial charge in [0.15, 0.2) is 0 Å². The predicted molar refractivity (Wildman–Crippen MR) is 75.6 cm³/mol. The maximum atomic E-state index is 6.22. The third-order valence-corrected chi connectivity index (χ3v) is 5.33. The van der Waals surface area contributed by atoms with Gasteiger partial charge in [-0.25, -0.2) is 0 Å². The molecule has 4 rings (SSSR count). The molecule has 3 unspecified atom stereocenters. The number of rotatable bonds is 1. The summed E-state index contributed by atoms with van der Waals surface area (Å²) < 4.78 is 0. The third-order valence-electron chi connectivity index (χ3n) is 5.33. The Morgan fingerprint density at radius 2 is 1.74 bits per heavy atom. The van der Waals surface area contributed by atoms with E-state index >= 15 is 0 Å². The number of fused-ring (bicyclic) bond motifs is 3. The lowest BCUT2D eigenvalue weighted by Gasteiger charge is -2.41. The summed E-state index contributed by atoms with van der Waals surface area (Å²) >= 11 is 0. The van der Waals surface area contributed by atoms with Gasteiger partial charge in [-0.15, -0.1) is 0 Å². The summed E-state index contributed by atoms with van der Waals surface area (Å²) in [7, 11) is 0. The van der Waals surface area contributed by atoms with Crippen LogP contribution in [0.25, 0.3) is 0 Å². The quantitative estimate of drug-likeness (QED) is 0.746. The van der Waals surface area contributed by atoms with Crippen molar-refractivity contribution in [2.24, 2.45) is 0 Å². The molecule has 0 N–H and O–H groups in total. The van der Waals surface area contributed by atoms with Gasteiger partial charge in [0, 0.05) is 5.54 Å². The van der Waals surface area contributed by atoms with E-state index in [1.165, 1.54) is 56.9 Å². The topological polar surface area (TPSA) is 12.5 Å². The minimum atomic E-state index is 0.361. The number of benzene rings is 1. The first-order valence-corrected chi connectivity index (χ1v) is 7.88. The van der Waals surface area contributed by atoms with E-state index < -0.39 is 0 Å². The van der Waals surface area contributed by atoms with E-state index in [9.17, 15) is 0 Å². The minimum absolute atomic E-state index is 0.361. The van der Waals surface area contributed by atoms with Crippen LogP contribution in [0, 0.1) is 0 Å². The second-order valence-corrected chi connectivity index (χ2v) is 6.56. The molecule has 3 fully saturated rings. The molecule has 3 atom stereocenters. The molecule has 0 aromatic heterocycles. The standard InChI is InChI=1S/C17H23NO/c1-2-7-11-17(10-6-1)13-15-12-16(18(17)19-15)14-8-4-3-5-9-14/h3-5,8-9,15-16H,1-2,6-7,10-13H2. The average Bonchev–Trinajstić information content (AvgIpc) is 2.93. The molecular formula is C17H23NO. The van der Waals surface area contributed by atoms with Crippen LogP contribution >= 0.6 is 0 Å². The molecule has 1 aliphatic carbocycles. The van der Waals surface area contributed by atoms with E-state index in [1.807, 2.05) is 0 Å². The summed E-state index contributed by atoms with van der Waals surface area (Å²) in [6.45, 7) is 0. The van der Waals surface area contributed by atoms with Crippen molar-refractivity contribution >= 4 is 0 Å². The van der Waals surface area contributed by atoms with E-state index in [1.54, 1.807) is 0 Å². The molecule has 1 saturated carbocycles. The van der Waals surface area contributed by atoms with Crippen molar-refractivity contribution in [2.45, 2.75) is 69.1 Å². The van der Waals surface area contributed by atoms with Crippen LogP contribution in [0.15, 0.2) is 30.3 Å². The van der Waals surface area contributed by atoms with Crippen LogP contribution in [-0.2, 0) is 4.84 Å². The van der Waals surface area contributed by atoms with Crippen LogP contribution in [0.5, 0.6) is 0 Å². The first kappa shape index (κ1) is 11.9. The van der Waals surface area contributed by atoms with Crippen LogP contribution in [0.3, 0.4) is 0 Å². The van der Waals surface area contributed by atoms with Crippen LogP contribution in [0.4, 0.5) is 0 Å². The summed E-state index contributed by atoms with van der Waals surface area (Å²) in [4.78, 5) is 6.22. The van der Waals surface area contributed by atoms with Crippen molar-refractivity contribution in [3.05, 3.63) is 35.9 Å². The largest absolute Gasteiger partial charge is 0.294 e. The van der Waals surface area contributed by atoms with Crippen molar-refractivity contribution in [2.75, 3.05) is 0 Å². The molecule has 2 heterocycles. The van der Waals surface area contributed by atoms with Gasteiger partial charge in [-0.1, -0.05) is 56.0 Å². The number of piperidine rings is 1. The van der Waals surface area contributed by atoms with Crippen molar-refractivity contribution in [1.82, 2.24) is 5.06 Å². The summed E-state index contributed by atoms with van der Waals surface area (Å²) in [6.07, 6.45) is 11.2. The highest BCUT2D eigenvalue weighted by Crippen LogP contribution is 2.53. The van der Waals surface area contributed by atoms with E-state index in [2.05, 4.69) is 35.4 Å². The monoisotopic (exact) mass is 257 g/mol. The highest BCUT2D eigenvalue weighted by Gasteiger charge is 2.55. The zero-order valence-corrected chi connectivity index (χ0v) is 11.6. The summed E-state index contributed by atoms with van der Waals surface area (Å²) in [6, 6.07) is 11.4. The fourth-order valence-corrected chi connectivity index (χ4v) is 4.46. The Labute approximate surface area is 115 Å². The van der Waals surface area contributed by atoms with E-state index in [4.69, 9.17) is 4.84 Å². The van der Waals surface area contributed by atoms with Gasteiger partial charge < -0.3 is 0 Å². The summed E-state index contributed by atoms with van der Waals surface area (Å²) in [5.74, 6) is 0. The maximum absolute atomic E-state index is 6.22. The lowest BCUT2D eigenvalue weighted by atomic mass is 9.79. The lowest BCUT2D eigenvalue weighted by molar-refractivity contribution is -0.171. The molecule has 1 spiro atoms. The first-order chi connectivity index (χ1) is 9.37. The van der Waals surface area contributed by atoms with Crippen molar-refractivity contribution < 1.29 is 4.84 Å². The van der Waals surface area contributed by atoms with Gasteiger partial charge in [0.2, 0.25) is 0 Å². The smallest absolute Gasteiger partial charge is 0.0831 e. The van der Waals surface area contributed by atoms with E-state index in [0.717, 1.165) is 0 Å². The number of hydrogen-bond donors (Lipinski definition) is 0.